The van der Waals surface area contributed by atoms with Crippen LogP contribution in [0.25, 0.3) is 0 Å². The normalized spacial score (nSPS) is 10.4. The molecule has 0 bridgehead atoms. The van der Waals surface area contributed by atoms with Crippen molar-refractivity contribution in [1.82, 2.24) is 0 Å². The molecule has 0 unspecified atom stereocenters. The van der Waals surface area contributed by atoms with Crippen LogP contribution in [0.1, 0.15) is 42.5 Å². The lowest BCUT2D eigenvalue weighted by Crippen LogP contribution is -2.00. The monoisotopic (exact) mass is 239 g/mol. The Balaban J connectivity index is 2.30. The summed E-state index contributed by atoms with van der Waals surface area (Å²) in [5.74, 6) is 0.176. The molecule has 2 nitrogen and oxygen atoms in total. The van der Waals surface area contributed by atoms with Crippen LogP contribution in [0.3, 0.4) is 0 Å². The van der Waals surface area contributed by atoms with E-state index in [4.69, 9.17) is 17.3 Å². The van der Waals surface area contributed by atoms with E-state index in [1.807, 2.05) is 12.1 Å². The number of hydrogen-bond donors (Lipinski definition) is 1. The zero-order valence-corrected chi connectivity index (χ0v) is 10.2. The molecule has 0 radical (unpaired) electrons. The lowest BCUT2D eigenvalue weighted by atomic mass is 10.0. The molecule has 0 aliphatic heterocycles. The summed E-state index contributed by atoms with van der Waals surface area (Å²) in [7, 11) is 0. The van der Waals surface area contributed by atoms with Gasteiger partial charge in [0.05, 0.1) is 0 Å². The Hall–Kier alpha value is -0.860. The van der Waals surface area contributed by atoms with Crippen molar-refractivity contribution < 1.29 is 4.79 Å². The highest BCUT2D eigenvalue weighted by atomic mass is 35.5. The zero-order chi connectivity index (χ0) is 11.8. The number of halogens is 1. The van der Waals surface area contributed by atoms with Crippen LogP contribution < -0.4 is 5.73 Å². The van der Waals surface area contributed by atoms with Gasteiger partial charge in [-0.3, -0.25) is 4.79 Å². The molecule has 0 spiro atoms. The zero-order valence-electron chi connectivity index (χ0n) is 9.42. The van der Waals surface area contributed by atoms with Crippen LogP contribution in [0.4, 0.5) is 0 Å². The fourth-order valence-electron chi connectivity index (χ4n) is 1.59. The van der Waals surface area contributed by atoms with Gasteiger partial charge in [-0.2, -0.15) is 0 Å². The van der Waals surface area contributed by atoms with E-state index in [1.54, 1.807) is 12.1 Å². The molecule has 0 saturated heterocycles. The van der Waals surface area contributed by atoms with Crippen molar-refractivity contribution in [3.8, 4) is 0 Å². The van der Waals surface area contributed by atoms with E-state index in [-0.39, 0.29) is 5.78 Å². The third-order valence-electron chi connectivity index (χ3n) is 2.50. The maximum Gasteiger partial charge on any atom is 0.162 e. The molecule has 3 heteroatoms. The van der Waals surface area contributed by atoms with Crippen LogP contribution in [0.2, 0.25) is 5.02 Å². The molecule has 2 N–H and O–H groups in total. The van der Waals surface area contributed by atoms with Gasteiger partial charge >= 0.3 is 0 Å². The molecular weight excluding hydrogens is 222 g/mol. The van der Waals surface area contributed by atoms with Gasteiger partial charge in [0.2, 0.25) is 0 Å². The molecule has 0 aliphatic carbocycles. The SMILES string of the molecule is NCCCCCCC(=O)c1cccc(Cl)c1. The van der Waals surface area contributed by atoms with E-state index in [0.29, 0.717) is 17.0 Å². The second kappa shape index (κ2) is 7.42. The van der Waals surface area contributed by atoms with Crippen molar-refractivity contribution in [2.75, 3.05) is 6.54 Å². The number of carbonyl (C=O) groups excluding carboxylic acids is 1. The summed E-state index contributed by atoms with van der Waals surface area (Å²) in [6, 6.07) is 7.13. The Morgan fingerprint density at radius 1 is 1.19 bits per heavy atom. The number of nitrogens with two attached hydrogens (primary N) is 1. The van der Waals surface area contributed by atoms with Gasteiger partial charge in [0.25, 0.3) is 0 Å². The first-order valence-electron chi connectivity index (χ1n) is 5.73. The third kappa shape index (κ3) is 4.77. The molecule has 0 aliphatic rings. The van der Waals surface area contributed by atoms with Gasteiger partial charge in [-0.15, -0.1) is 0 Å². The summed E-state index contributed by atoms with van der Waals surface area (Å²) in [4.78, 5) is 11.7. The van der Waals surface area contributed by atoms with Crippen LogP contribution in [0.15, 0.2) is 24.3 Å². The second-order valence-electron chi connectivity index (χ2n) is 3.89. The first kappa shape index (κ1) is 13.2. The first-order valence-corrected chi connectivity index (χ1v) is 6.10. The number of hydrogen-bond acceptors (Lipinski definition) is 2. The molecule has 1 aromatic rings. The van der Waals surface area contributed by atoms with Crippen LogP contribution in [0.5, 0.6) is 0 Å². The van der Waals surface area contributed by atoms with Crippen molar-refractivity contribution in [2.24, 2.45) is 5.73 Å². The molecule has 0 atom stereocenters. The maximum absolute atomic E-state index is 11.7. The van der Waals surface area contributed by atoms with Crippen LogP contribution in [0, 0.1) is 0 Å². The van der Waals surface area contributed by atoms with E-state index in [2.05, 4.69) is 0 Å². The van der Waals surface area contributed by atoms with Crippen molar-refractivity contribution >= 4 is 17.4 Å². The fraction of sp³-hybridized carbons (Fsp3) is 0.462. The molecule has 1 rings (SSSR count). The number of carbonyl (C=O) groups is 1. The number of ketones is 1. The van der Waals surface area contributed by atoms with Crippen LogP contribution >= 0.6 is 11.6 Å². The Bertz CT molecular complexity index is 338. The summed E-state index contributed by atoms with van der Waals surface area (Å²) in [5, 5.41) is 0.619. The van der Waals surface area contributed by atoms with E-state index >= 15 is 0 Å². The van der Waals surface area contributed by atoms with Gasteiger partial charge < -0.3 is 5.73 Å². The van der Waals surface area contributed by atoms with Crippen molar-refractivity contribution in [1.29, 1.82) is 0 Å². The van der Waals surface area contributed by atoms with E-state index in [9.17, 15) is 4.79 Å². The lowest BCUT2D eigenvalue weighted by molar-refractivity contribution is 0.0979. The lowest BCUT2D eigenvalue weighted by Gasteiger charge is -2.01. The van der Waals surface area contributed by atoms with Crippen LogP contribution in [-0.4, -0.2) is 12.3 Å². The van der Waals surface area contributed by atoms with Gasteiger partial charge in [-0.05, 0) is 31.5 Å². The van der Waals surface area contributed by atoms with Crippen molar-refractivity contribution in [3.05, 3.63) is 34.9 Å². The summed E-state index contributed by atoms with van der Waals surface area (Å²) >= 11 is 5.83. The third-order valence-corrected chi connectivity index (χ3v) is 2.74. The second-order valence-corrected chi connectivity index (χ2v) is 4.32. The summed E-state index contributed by atoms with van der Waals surface area (Å²) in [5.41, 5.74) is 6.11. The molecular formula is C13H18ClNO. The summed E-state index contributed by atoms with van der Waals surface area (Å²) in [6.45, 7) is 0.738. The molecule has 88 valence electrons. The number of benzene rings is 1. The smallest absolute Gasteiger partial charge is 0.162 e. The van der Waals surface area contributed by atoms with Gasteiger partial charge in [0.15, 0.2) is 5.78 Å². The maximum atomic E-state index is 11.7. The fourth-order valence-corrected chi connectivity index (χ4v) is 1.78. The number of Topliss-reactive ketones (excluding diaryl/α,β-unsaturated/α-hetero) is 1. The standard InChI is InChI=1S/C13H18ClNO/c14-12-7-5-6-11(10-12)13(16)8-3-1-2-4-9-15/h5-7,10H,1-4,8-9,15H2. The van der Waals surface area contributed by atoms with E-state index in [1.165, 1.54) is 0 Å². The van der Waals surface area contributed by atoms with Gasteiger partial charge in [-0.1, -0.05) is 36.6 Å². The highest BCUT2D eigenvalue weighted by Crippen LogP contribution is 2.14. The Morgan fingerprint density at radius 2 is 1.94 bits per heavy atom. The minimum Gasteiger partial charge on any atom is -0.330 e. The molecule has 1 aromatic carbocycles. The topological polar surface area (TPSA) is 43.1 Å². The Labute approximate surface area is 102 Å². The Morgan fingerprint density at radius 3 is 2.62 bits per heavy atom. The molecule has 0 heterocycles. The predicted molar refractivity (Wildman–Crippen MR) is 67.9 cm³/mol. The number of rotatable bonds is 7. The molecule has 16 heavy (non-hydrogen) atoms. The van der Waals surface area contributed by atoms with Crippen molar-refractivity contribution in [2.45, 2.75) is 32.1 Å². The largest absolute Gasteiger partial charge is 0.330 e. The minimum absolute atomic E-state index is 0.176. The molecule has 0 aromatic heterocycles. The molecule has 0 fully saturated rings. The molecule has 0 amide bonds. The summed E-state index contributed by atoms with van der Waals surface area (Å²) in [6.07, 6.45) is 4.77. The summed E-state index contributed by atoms with van der Waals surface area (Å²) < 4.78 is 0. The van der Waals surface area contributed by atoms with Crippen LogP contribution in [-0.2, 0) is 0 Å². The van der Waals surface area contributed by atoms with E-state index in [0.717, 1.165) is 32.2 Å². The number of unbranched alkanes of at least 4 members (excludes halogenated alkanes) is 3. The highest BCUT2D eigenvalue weighted by Gasteiger charge is 2.05. The van der Waals surface area contributed by atoms with Gasteiger partial charge in [0, 0.05) is 17.0 Å². The minimum atomic E-state index is 0.176. The van der Waals surface area contributed by atoms with Gasteiger partial charge in [-0.25, -0.2) is 0 Å². The van der Waals surface area contributed by atoms with Gasteiger partial charge in [0.1, 0.15) is 0 Å². The first-order chi connectivity index (χ1) is 7.74. The highest BCUT2D eigenvalue weighted by molar-refractivity contribution is 6.31. The Kier molecular flexibility index (Phi) is 6.12. The van der Waals surface area contributed by atoms with E-state index < -0.39 is 0 Å². The van der Waals surface area contributed by atoms with Crippen molar-refractivity contribution in [3.63, 3.8) is 0 Å². The average molecular weight is 240 g/mol. The average Bonchev–Trinajstić information content (AvgIpc) is 2.28. The molecule has 0 saturated carbocycles. The quantitative estimate of drug-likeness (QED) is 0.585. The predicted octanol–water partition coefficient (Wildman–Crippen LogP) is 3.43.